The number of para-hydroxylation sites is 1. The third kappa shape index (κ3) is 1.42. The van der Waals surface area contributed by atoms with Gasteiger partial charge in [-0.1, -0.05) is 25.1 Å². The predicted molar refractivity (Wildman–Crippen MR) is 80.6 cm³/mol. The van der Waals surface area contributed by atoms with Crippen LogP contribution in [-0.2, 0) is 6.42 Å². The van der Waals surface area contributed by atoms with E-state index >= 15 is 0 Å². The summed E-state index contributed by atoms with van der Waals surface area (Å²) >= 11 is 0. The fourth-order valence-electron chi connectivity index (χ4n) is 2.64. The zero-order chi connectivity index (χ0) is 13.7. The molecule has 0 saturated carbocycles. The Labute approximate surface area is 115 Å². The van der Waals surface area contributed by atoms with Gasteiger partial charge in [0, 0.05) is 16.2 Å². The molecule has 0 aliphatic carbocycles. The number of furan rings is 1. The molecule has 0 saturated heterocycles. The number of rotatable bonds is 1. The van der Waals surface area contributed by atoms with Gasteiger partial charge in [-0.05, 0) is 24.6 Å². The van der Waals surface area contributed by atoms with Gasteiger partial charge in [-0.2, -0.15) is 10.2 Å². The lowest BCUT2D eigenvalue weighted by molar-refractivity contribution is 0.669. The number of nitrogen functional groups attached to an aromatic ring is 1. The van der Waals surface area contributed by atoms with E-state index in [1.165, 1.54) is 0 Å². The summed E-state index contributed by atoms with van der Waals surface area (Å²) in [6, 6.07) is 11.9. The van der Waals surface area contributed by atoms with Gasteiger partial charge < -0.3 is 10.2 Å². The molecule has 0 aliphatic heterocycles. The van der Waals surface area contributed by atoms with E-state index in [4.69, 9.17) is 10.2 Å². The molecule has 20 heavy (non-hydrogen) atoms. The molecular formula is C16H13N3O. The van der Waals surface area contributed by atoms with Crippen molar-refractivity contribution in [2.45, 2.75) is 13.3 Å². The first-order valence-electron chi connectivity index (χ1n) is 6.64. The Morgan fingerprint density at radius 3 is 2.70 bits per heavy atom. The van der Waals surface area contributed by atoms with Crippen molar-refractivity contribution < 1.29 is 4.42 Å². The standard InChI is InChI=1S/C16H13N3O/c1-2-12-16(17)11-8-15-10(7-13(11)19-18-12)9-5-3-4-6-14(9)20-15/h3-8H,2H2,1H3,(H2,17,19). The van der Waals surface area contributed by atoms with Crippen LogP contribution >= 0.6 is 0 Å². The third-order valence-electron chi connectivity index (χ3n) is 3.71. The molecular weight excluding hydrogens is 250 g/mol. The van der Waals surface area contributed by atoms with Crippen LogP contribution < -0.4 is 5.73 Å². The molecule has 2 aromatic heterocycles. The van der Waals surface area contributed by atoms with E-state index in [-0.39, 0.29) is 0 Å². The Morgan fingerprint density at radius 2 is 1.85 bits per heavy atom. The minimum Gasteiger partial charge on any atom is -0.456 e. The average molecular weight is 263 g/mol. The molecule has 0 aliphatic rings. The fourth-order valence-corrected chi connectivity index (χ4v) is 2.64. The summed E-state index contributed by atoms with van der Waals surface area (Å²) in [4.78, 5) is 0. The normalized spacial score (nSPS) is 11.7. The molecule has 2 aromatic carbocycles. The highest BCUT2D eigenvalue weighted by atomic mass is 16.3. The van der Waals surface area contributed by atoms with Crippen LogP contribution in [0.1, 0.15) is 12.6 Å². The van der Waals surface area contributed by atoms with Gasteiger partial charge in [0.1, 0.15) is 11.2 Å². The van der Waals surface area contributed by atoms with E-state index < -0.39 is 0 Å². The molecule has 0 atom stereocenters. The van der Waals surface area contributed by atoms with Gasteiger partial charge in [-0.15, -0.1) is 0 Å². The summed E-state index contributed by atoms with van der Waals surface area (Å²) in [5.41, 5.74) is 10.2. The van der Waals surface area contributed by atoms with E-state index in [0.717, 1.165) is 45.0 Å². The topological polar surface area (TPSA) is 64.9 Å². The smallest absolute Gasteiger partial charge is 0.136 e. The molecule has 0 radical (unpaired) electrons. The minimum atomic E-state index is 0.694. The monoisotopic (exact) mass is 263 g/mol. The number of nitrogens with zero attached hydrogens (tertiary/aromatic N) is 2. The number of aryl methyl sites for hydroxylation is 1. The summed E-state index contributed by atoms with van der Waals surface area (Å²) in [6.07, 6.45) is 0.771. The zero-order valence-corrected chi connectivity index (χ0v) is 11.1. The highest BCUT2D eigenvalue weighted by molar-refractivity contribution is 6.10. The van der Waals surface area contributed by atoms with E-state index in [0.29, 0.717) is 5.69 Å². The number of benzene rings is 2. The van der Waals surface area contributed by atoms with Crippen LogP contribution in [0, 0.1) is 0 Å². The largest absolute Gasteiger partial charge is 0.456 e. The molecule has 0 unspecified atom stereocenters. The molecule has 2 N–H and O–H groups in total. The second kappa shape index (κ2) is 3.93. The Kier molecular flexibility index (Phi) is 2.21. The first-order chi connectivity index (χ1) is 9.78. The first-order valence-corrected chi connectivity index (χ1v) is 6.64. The quantitative estimate of drug-likeness (QED) is 0.569. The Morgan fingerprint density at radius 1 is 1.00 bits per heavy atom. The maximum atomic E-state index is 6.17. The number of hydrogen-bond donors (Lipinski definition) is 1. The summed E-state index contributed by atoms with van der Waals surface area (Å²) in [5, 5.41) is 11.5. The minimum absolute atomic E-state index is 0.694. The molecule has 4 aromatic rings. The van der Waals surface area contributed by atoms with Crippen LogP contribution in [0.25, 0.3) is 32.8 Å². The molecule has 0 amide bonds. The van der Waals surface area contributed by atoms with E-state index in [2.05, 4.69) is 10.2 Å². The zero-order valence-electron chi connectivity index (χ0n) is 11.1. The van der Waals surface area contributed by atoms with Crippen molar-refractivity contribution in [3.63, 3.8) is 0 Å². The van der Waals surface area contributed by atoms with Crippen molar-refractivity contribution in [3.8, 4) is 0 Å². The number of nitrogens with two attached hydrogens (primary N) is 1. The van der Waals surface area contributed by atoms with Gasteiger partial charge in [0.25, 0.3) is 0 Å². The van der Waals surface area contributed by atoms with Crippen molar-refractivity contribution in [3.05, 3.63) is 42.1 Å². The fraction of sp³-hybridized carbons (Fsp3) is 0.125. The van der Waals surface area contributed by atoms with Crippen molar-refractivity contribution in [2.75, 3.05) is 5.73 Å². The molecule has 98 valence electrons. The molecule has 0 bridgehead atoms. The van der Waals surface area contributed by atoms with Crippen molar-refractivity contribution in [1.29, 1.82) is 0 Å². The van der Waals surface area contributed by atoms with Gasteiger partial charge in [-0.3, -0.25) is 0 Å². The maximum absolute atomic E-state index is 6.17. The molecule has 4 nitrogen and oxygen atoms in total. The van der Waals surface area contributed by atoms with Crippen LogP contribution in [0.5, 0.6) is 0 Å². The summed E-state index contributed by atoms with van der Waals surface area (Å²) in [6.45, 7) is 2.02. The molecule has 0 fully saturated rings. The van der Waals surface area contributed by atoms with Crippen LogP contribution in [0.15, 0.2) is 40.8 Å². The SMILES string of the molecule is CCc1nnc2cc3c(cc2c1N)oc1ccccc13. The van der Waals surface area contributed by atoms with Gasteiger partial charge in [-0.25, -0.2) is 0 Å². The van der Waals surface area contributed by atoms with Gasteiger partial charge >= 0.3 is 0 Å². The molecule has 4 heteroatoms. The van der Waals surface area contributed by atoms with E-state index in [1.54, 1.807) is 0 Å². The van der Waals surface area contributed by atoms with Crippen LogP contribution in [0.2, 0.25) is 0 Å². The van der Waals surface area contributed by atoms with Crippen molar-refractivity contribution in [2.24, 2.45) is 0 Å². The van der Waals surface area contributed by atoms with E-state index in [1.807, 2.05) is 43.3 Å². The average Bonchev–Trinajstić information content (AvgIpc) is 2.84. The Hall–Kier alpha value is -2.62. The lowest BCUT2D eigenvalue weighted by Gasteiger charge is -2.05. The third-order valence-corrected chi connectivity index (χ3v) is 3.71. The highest BCUT2D eigenvalue weighted by Crippen LogP contribution is 2.33. The predicted octanol–water partition coefficient (Wildman–Crippen LogP) is 3.67. The van der Waals surface area contributed by atoms with E-state index in [9.17, 15) is 0 Å². The highest BCUT2D eigenvalue weighted by Gasteiger charge is 2.12. The maximum Gasteiger partial charge on any atom is 0.136 e. The number of aromatic nitrogens is 2. The van der Waals surface area contributed by atoms with Crippen LogP contribution in [0.4, 0.5) is 5.69 Å². The Balaban J connectivity index is 2.18. The summed E-state index contributed by atoms with van der Waals surface area (Å²) in [7, 11) is 0. The summed E-state index contributed by atoms with van der Waals surface area (Å²) < 4.78 is 5.89. The second-order valence-electron chi connectivity index (χ2n) is 4.88. The molecule has 4 rings (SSSR count). The van der Waals surface area contributed by atoms with Crippen molar-refractivity contribution in [1.82, 2.24) is 10.2 Å². The molecule has 0 spiro atoms. The lowest BCUT2D eigenvalue weighted by atomic mass is 10.1. The second-order valence-corrected chi connectivity index (χ2v) is 4.88. The summed E-state index contributed by atoms with van der Waals surface area (Å²) in [5.74, 6) is 0. The Bertz CT molecular complexity index is 956. The lowest BCUT2D eigenvalue weighted by Crippen LogP contribution is -2.00. The van der Waals surface area contributed by atoms with Crippen molar-refractivity contribution >= 4 is 38.5 Å². The van der Waals surface area contributed by atoms with Gasteiger partial charge in [0.05, 0.1) is 16.9 Å². The number of anilines is 1. The number of hydrogen-bond acceptors (Lipinski definition) is 4. The van der Waals surface area contributed by atoms with Gasteiger partial charge in [0.15, 0.2) is 0 Å². The van der Waals surface area contributed by atoms with Crippen LogP contribution in [0.3, 0.4) is 0 Å². The first kappa shape index (κ1) is 11.2. The molecule has 2 heterocycles. The van der Waals surface area contributed by atoms with Gasteiger partial charge in [0.2, 0.25) is 0 Å². The van der Waals surface area contributed by atoms with Crippen LogP contribution in [-0.4, -0.2) is 10.2 Å². The number of fused-ring (bicyclic) bond motifs is 4.